The predicted molar refractivity (Wildman–Crippen MR) is 81.9 cm³/mol. The number of nitrogens with zero attached hydrogens (tertiary/aromatic N) is 1. The summed E-state index contributed by atoms with van der Waals surface area (Å²) in [5.74, 6) is 0.0503. The van der Waals surface area contributed by atoms with Crippen LogP contribution in [0.2, 0.25) is 0 Å². The monoisotopic (exact) mass is 299 g/mol. The predicted octanol–water partition coefficient (Wildman–Crippen LogP) is 2.93. The molecule has 1 rings (SSSR count). The van der Waals surface area contributed by atoms with Gasteiger partial charge in [-0.3, -0.25) is 4.90 Å². The van der Waals surface area contributed by atoms with Crippen molar-refractivity contribution < 1.29 is 19.4 Å². The van der Waals surface area contributed by atoms with Crippen molar-refractivity contribution in [3.05, 3.63) is 12.2 Å². The largest absolute Gasteiger partial charge is 0.444 e. The van der Waals surface area contributed by atoms with Gasteiger partial charge >= 0.3 is 6.09 Å². The summed E-state index contributed by atoms with van der Waals surface area (Å²) in [6.07, 6.45) is 4.18. The van der Waals surface area contributed by atoms with Crippen molar-refractivity contribution >= 4 is 6.09 Å². The Morgan fingerprint density at radius 2 is 2.14 bits per heavy atom. The summed E-state index contributed by atoms with van der Waals surface area (Å²) in [7, 11) is 0. The zero-order chi connectivity index (χ0) is 16.3. The molecule has 0 bridgehead atoms. The summed E-state index contributed by atoms with van der Waals surface area (Å²) in [6.45, 7) is 11.7. The highest BCUT2D eigenvalue weighted by atomic mass is 16.6. The second-order valence-electron chi connectivity index (χ2n) is 6.88. The van der Waals surface area contributed by atoms with E-state index in [-0.39, 0.29) is 24.7 Å². The Hall–Kier alpha value is -1.07. The number of rotatable bonds is 4. The summed E-state index contributed by atoms with van der Waals surface area (Å²) in [5, 5.41) is 9.26. The lowest BCUT2D eigenvalue weighted by atomic mass is 9.95. The molecule has 0 unspecified atom stereocenters. The van der Waals surface area contributed by atoms with Crippen LogP contribution >= 0.6 is 0 Å². The maximum atomic E-state index is 12.5. The van der Waals surface area contributed by atoms with Crippen LogP contribution in [0.5, 0.6) is 0 Å². The van der Waals surface area contributed by atoms with E-state index in [1.807, 2.05) is 53.7 Å². The Kier molecular flexibility index (Phi) is 5.82. The van der Waals surface area contributed by atoms with E-state index in [0.717, 1.165) is 0 Å². The minimum Gasteiger partial charge on any atom is -0.444 e. The van der Waals surface area contributed by atoms with Crippen LogP contribution in [-0.2, 0) is 9.47 Å². The van der Waals surface area contributed by atoms with Crippen molar-refractivity contribution in [3.8, 4) is 0 Å². The van der Waals surface area contributed by atoms with Crippen molar-refractivity contribution in [2.75, 3.05) is 13.2 Å². The molecule has 0 spiro atoms. The van der Waals surface area contributed by atoms with E-state index in [1.54, 1.807) is 4.90 Å². The lowest BCUT2D eigenvalue weighted by Crippen LogP contribution is -2.51. The first kappa shape index (κ1) is 18.0. The molecule has 21 heavy (non-hydrogen) atoms. The standard InChI is InChI=1S/C16H29NO4/c1-7-8-12(9-10-18)13-11-20-16(5,6)17(13)14(19)21-15(2,3)4/h7-8,12-13,18H,9-11H2,1-6H3/t12-,13-/m1/s1. The van der Waals surface area contributed by atoms with Gasteiger partial charge in [0.05, 0.1) is 12.6 Å². The summed E-state index contributed by atoms with van der Waals surface area (Å²) >= 11 is 0. The molecule has 0 saturated carbocycles. The molecule has 2 atom stereocenters. The molecule has 0 aliphatic carbocycles. The topological polar surface area (TPSA) is 59.0 Å². The molecule has 1 heterocycles. The molecule has 0 aromatic rings. The van der Waals surface area contributed by atoms with Crippen molar-refractivity contribution in [1.29, 1.82) is 0 Å². The number of aliphatic hydroxyl groups excluding tert-OH is 1. The molecule has 1 aliphatic rings. The second kappa shape index (κ2) is 6.79. The highest BCUT2D eigenvalue weighted by Gasteiger charge is 2.47. The fourth-order valence-corrected chi connectivity index (χ4v) is 2.63. The maximum Gasteiger partial charge on any atom is 0.412 e. The van der Waals surface area contributed by atoms with Crippen LogP contribution in [0.3, 0.4) is 0 Å². The van der Waals surface area contributed by atoms with Gasteiger partial charge in [0.25, 0.3) is 0 Å². The molecule has 0 aromatic carbocycles. The Balaban J connectivity index is 3.00. The van der Waals surface area contributed by atoms with E-state index in [2.05, 4.69) is 0 Å². The third kappa shape index (κ3) is 4.71. The highest BCUT2D eigenvalue weighted by molar-refractivity contribution is 5.69. The van der Waals surface area contributed by atoms with E-state index in [4.69, 9.17) is 9.47 Å². The van der Waals surface area contributed by atoms with Gasteiger partial charge in [-0.25, -0.2) is 4.79 Å². The molecule has 0 aromatic heterocycles. The van der Waals surface area contributed by atoms with Crippen LogP contribution in [-0.4, -0.2) is 46.7 Å². The van der Waals surface area contributed by atoms with Gasteiger partial charge in [-0.05, 0) is 48.0 Å². The lowest BCUT2D eigenvalue weighted by Gasteiger charge is -2.37. The first-order chi connectivity index (χ1) is 9.62. The molecule has 5 nitrogen and oxygen atoms in total. The number of carbonyl (C=O) groups is 1. The number of ether oxygens (including phenoxy) is 2. The van der Waals surface area contributed by atoms with Crippen molar-refractivity contribution in [3.63, 3.8) is 0 Å². The van der Waals surface area contributed by atoms with Crippen LogP contribution < -0.4 is 0 Å². The number of aliphatic hydroxyl groups is 1. The number of hydrogen-bond donors (Lipinski definition) is 1. The average Bonchev–Trinajstić information content (AvgIpc) is 2.62. The first-order valence-electron chi connectivity index (χ1n) is 7.52. The summed E-state index contributed by atoms with van der Waals surface area (Å²) in [6, 6.07) is -0.127. The molecule has 1 aliphatic heterocycles. The molecule has 1 saturated heterocycles. The normalized spacial score (nSPS) is 23.6. The van der Waals surface area contributed by atoms with Gasteiger partial charge in [-0.15, -0.1) is 0 Å². The van der Waals surface area contributed by atoms with Crippen LogP contribution in [0, 0.1) is 5.92 Å². The fourth-order valence-electron chi connectivity index (χ4n) is 2.63. The minimum absolute atomic E-state index is 0.0503. The highest BCUT2D eigenvalue weighted by Crippen LogP contribution is 2.34. The molecule has 122 valence electrons. The van der Waals surface area contributed by atoms with Gasteiger partial charge in [0.15, 0.2) is 0 Å². The number of amides is 1. The third-order valence-corrected chi connectivity index (χ3v) is 3.51. The molecular weight excluding hydrogens is 270 g/mol. The molecule has 1 amide bonds. The number of hydrogen-bond acceptors (Lipinski definition) is 4. The van der Waals surface area contributed by atoms with Crippen LogP contribution in [0.4, 0.5) is 4.79 Å². The van der Waals surface area contributed by atoms with Gasteiger partial charge < -0.3 is 14.6 Å². The molecule has 1 N–H and O–H groups in total. The van der Waals surface area contributed by atoms with E-state index in [1.165, 1.54) is 0 Å². The number of allylic oxidation sites excluding steroid dienone is 1. The Bertz CT molecular complexity index is 384. The maximum absolute atomic E-state index is 12.5. The molecular formula is C16H29NO4. The Morgan fingerprint density at radius 1 is 1.52 bits per heavy atom. The minimum atomic E-state index is -0.706. The van der Waals surface area contributed by atoms with Crippen LogP contribution in [0.15, 0.2) is 12.2 Å². The molecule has 0 radical (unpaired) electrons. The van der Waals surface area contributed by atoms with E-state index < -0.39 is 11.3 Å². The van der Waals surface area contributed by atoms with Gasteiger partial charge in [0.1, 0.15) is 11.3 Å². The molecule has 5 heteroatoms. The van der Waals surface area contributed by atoms with Gasteiger partial charge in [0, 0.05) is 12.5 Å². The second-order valence-corrected chi connectivity index (χ2v) is 6.88. The van der Waals surface area contributed by atoms with Gasteiger partial charge in [-0.2, -0.15) is 0 Å². The number of carbonyl (C=O) groups excluding carboxylic acids is 1. The van der Waals surface area contributed by atoms with E-state index in [0.29, 0.717) is 13.0 Å². The zero-order valence-electron chi connectivity index (χ0n) is 14.0. The Morgan fingerprint density at radius 3 is 2.62 bits per heavy atom. The third-order valence-electron chi connectivity index (χ3n) is 3.51. The van der Waals surface area contributed by atoms with Gasteiger partial charge in [-0.1, -0.05) is 12.2 Å². The van der Waals surface area contributed by atoms with Crippen LogP contribution in [0.25, 0.3) is 0 Å². The first-order valence-corrected chi connectivity index (χ1v) is 7.52. The van der Waals surface area contributed by atoms with Crippen molar-refractivity contribution in [1.82, 2.24) is 4.90 Å². The quantitative estimate of drug-likeness (QED) is 0.811. The summed E-state index contributed by atoms with van der Waals surface area (Å²) in [5.41, 5.74) is -1.25. The summed E-state index contributed by atoms with van der Waals surface area (Å²) in [4.78, 5) is 14.2. The van der Waals surface area contributed by atoms with E-state index in [9.17, 15) is 9.90 Å². The zero-order valence-corrected chi connectivity index (χ0v) is 14.0. The lowest BCUT2D eigenvalue weighted by molar-refractivity contribution is -0.0640. The Labute approximate surface area is 127 Å². The smallest absolute Gasteiger partial charge is 0.412 e. The summed E-state index contributed by atoms with van der Waals surface area (Å²) < 4.78 is 11.3. The van der Waals surface area contributed by atoms with Crippen molar-refractivity contribution in [2.24, 2.45) is 5.92 Å². The van der Waals surface area contributed by atoms with Gasteiger partial charge in [0.2, 0.25) is 0 Å². The van der Waals surface area contributed by atoms with E-state index >= 15 is 0 Å². The SMILES string of the molecule is CC=C[C@H](CCO)[C@H]1COC(C)(C)N1C(=O)OC(C)(C)C. The fraction of sp³-hybridized carbons (Fsp3) is 0.812. The van der Waals surface area contributed by atoms with Crippen LogP contribution in [0.1, 0.15) is 48.0 Å². The average molecular weight is 299 g/mol. The molecule has 1 fully saturated rings. The van der Waals surface area contributed by atoms with Crippen molar-refractivity contribution in [2.45, 2.75) is 65.3 Å².